The van der Waals surface area contributed by atoms with Gasteiger partial charge in [-0.15, -0.1) is 22.7 Å². The van der Waals surface area contributed by atoms with Crippen LogP contribution in [0.15, 0.2) is 146 Å². The maximum atomic E-state index is 5.08. The molecule has 2 nitrogen and oxygen atoms in total. The van der Waals surface area contributed by atoms with Crippen LogP contribution >= 0.6 is 22.7 Å². The van der Waals surface area contributed by atoms with Crippen LogP contribution in [-0.2, 0) is 5.41 Å². The van der Waals surface area contributed by atoms with Crippen molar-refractivity contribution in [1.29, 1.82) is 0 Å². The van der Waals surface area contributed by atoms with Crippen LogP contribution < -0.4 is 4.90 Å². The van der Waals surface area contributed by atoms with E-state index in [0.717, 1.165) is 27.6 Å². The van der Waals surface area contributed by atoms with Crippen molar-refractivity contribution < 1.29 is 0 Å². The Hall–Kier alpha value is -5.29. The van der Waals surface area contributed by atoms with Crippen LogP contribution in [0, 0.1) is 0 Å². The summed E-state index contributed by atoms with van der Waals surface area (Å²) in [5, 5.41) is 6.20. The Balaban J connectivity index is 1.11. The number of rotatable bonds is 4. The summed E-state index contributed by atoms with van der Waals surface area (Å²) in [7, 11) is 0. The van der Waals surface area contributed by atoms with Crippen LogP contribution in [0.3, 0.4) is 0 Å². The predicted octanol–water partition coefficient (Wildman–Crippen LogP) is 13.3. The number of para-hydroxylation sites is 1. The van der Waals surface area contributed by atoms with Gasteiger partial charge in [0.2, 0.25) is 0 Å². The number of hydrogen-bond acceptors (Lipinski definition) is 4. The first kappa shape index (κ1) is 27.8. The highest BCUT2D eigenvalue weighted by Gasteiger charge is 2.36. The van der Waals surface area contributed by atoms with E-state index in [9.17, 15) is 0 Å². The van der Waals surface area contributed by atoms with Gasteiger partial charge in [-0.25, -0.2) is 4.98 Å². The van der Waals surface area contributed by atoms with Crippen molar-refractivity contribution in [2.45, 2.75) is 19.3 Å². The van der Waals surface area contributed by atoms with Crippen molar-refractivity contribution in [2.75, 3.05) is 4.90 Å². The quantitative estimate of drug-likeness (QED) is 0.188. The molecule has 0 fully saturated rings. The molecule has 48 heavy (non-hydrogen) atoms. The highest BCUT2D eigenvalue weighted by Crippen LogP contribution is 2.52. The summed E-state index contributed by atoms with van der Waals surface area (Å²) in [6, 6.07) is 53.4. The standard InChI is InChI=1S/C44H30N2S2/c1-44(2)37-23-29-21-31(46(30-13-7-4-8-14-30)32-19-20-41-36(24-32)33-15-9-10-16-40(33)47-41)18-17-28(29)22-34(37)35-25-42-39(26-38(35)44)45-43(48-42)27-11-5-3-6-12-27/h3-26H,1-2H3. The van der Waals surface area contributed by atoms with Gasteiger partial charge in [0.25, 0.3) is 0 Å². The molecular formula is C44H30N2S2. The van der Waals surface area contributed by atoms with E-state index in [2.05, 4.69) is 164 Å². The molecule has 228 valence electrons. The van der Waals surface area contributed by atoms with Crippen molar-refractivity contribution >= 4 is 80.9 Å². The maximum Gasteiger partial charge on any atom is 0.124 e. The van der Waals surface area contributed by atoms with Crippen molar-refractivity contribution in [3.05, 3.63) is 157 Å². The maximum absolute atomic E-state index is 5.08. The van der Waals surface area contributed by atoms with Gasteiger partial charge in [-0.3, -0.25) is 0 Å². The third-order valence-corrected chi connectivity index (χ3v) is 12.3. The second kappa shape index (κ2) is 10.4. The topological polar surface area (TPSA) is 16.1 Å². The van der Waals surface area contributed by atoms with Crippen molar-refractivity contribution in [1.82, 2.24) is 4.98 Å². The lowest BCUT2D eigenvalue weighted by atomic mass is 9.82. The lowest BCUT2D eigenvalue weighted by Gasteiger charge is -2.26. The van der Waals surface area contributed by atoms with Gasteiger partial charge >= 0.3 is 0 Å². The van der Waals surface area contributed by atoms with E-state index in [4.69, 9.17) is 4.98 Å². The summed E-state index contributed by atoms with van der Waals surface area (Å²) in [6.07, 6.45) is 0. The number of benzene rings is 7. The number of hydrogen-bond donors (Lipinski definition) is 0. The molecule has 0 saturated heterocycles. The SMILES string of the molecule is CC1(C)c2cc3cc(N(c4ccccc4)c4ccc5sc6ccccc6c5c4)ccc3cc2-c2cc3sc(-c4ccccc4)nc3cc21. The molecule has 9 aromatic rings. The van der Waals surface area contributed by atoms with Gasteiger partial charge in [0, 0.05) is 48.2 Å². The Morgan fingerprint density at radius 2 is 1.19 bits per heavy atom. The summed E-state index contributed by atoms with van der Waals surface area (Å²) >= 11 is 3.64. The zero-order chi connectivity index (χ0) is 32.0. The van der Waals surface area contributed by atoms with E-state index in [-0.39, 0.29) is 5.41 Å². The smallest absolute Gasteiger partial charge is 0.124 e. The van der Waals surface area contributed by atoms with E-state index in [1.165, 1.54) is 63.5 Å². The van der Waals surface area contributed by atoms with E-state index in [1.54, 1.807) is 11.3 Å². The summed E-state index contributed by atoms with van der Waals surface area (Å²) in [5.41, 5.74) is 11.0. The monoisotopic (exact) mass is 650 g/mol. The Morgan fingerprint density at radius 3 is 2.04 bits per heavy atom. The molecule has 0 unspecified atom stereocenters. The molecule has 0 radical (unpaired) electrons. The predicted molar refractivity (Wildman–Crippen MR) is 208 cm³/mol. The van der Waals surface area contributed by atoms with Crippen molar-refractivity contribution in [3.63, 3.8) is 0 Å². The summed E-state index contributed by atoms with van der Waals surface area (Å²) in [6.45, 7) is 4.72. The van der Waals surface area contributed by atoms with Gasteiger partial charge in [-0.2, -0.15) is 0 Å². The Kier molecular flexibility index (Phi) is 5.99. The van der Waals surface area contributed by atoms with Crippen molar-refractivity contribution in [2.24, 2.45) is 0 Å². The van der Waals surface area contributed by atoms with Crippen LogP contribution in [0.1, 0.15) is 25.0 Å². The average Bonchev–Trinajstić information content (AvgIpc) is 3.78. The highest BCUT2D eigenvalue weighted by atomic mass is 32.1. The molecule has 0 saturated carbocycles. The fourth-order valence-corrected chi connectivity index (χ4v) is 9.68. The molecule has 1 aliphatic rings. The summed E-state index contributed by atoms with van der Waals surface area (Å²) < 4.78 is 3.88. The number of anilines is 3. The minimum absolute atomic E-state index is 0.135. The summed E-state index contributed by atoms with van der Waals surface area (Å²) in [4.78, 5) is 7.47. The fraction of sp³-hybridized carbons (Fsp3) is 0.0682. The molecular weight excluding hydrogens is 621 g/mol. The first-order valence-electron chi connectivity index (χ1n) is 16.4. The fourth-order valence-electron chi connectivity index (χ4n) is 7.60. The number of aromatic nitrogens is 1. The lowest BCUT2D eigenvalue weighted by molar-refractivity contribution is 0.662. The minimum atomic E-state index is -0.135. The van der Waals surface area contributed by atoms with Gasteiger partial charge in [0.15, 0.2) is 0 Å². The van der Waals surface area contributed by atoms with Crippen LogP contribution in [0.25, 0.3) is 62.9 Å². The Labute approximate surface area is 287 Å². The lowest BCUT2D eigenvalue weighted by Crippen LogP contribution is -2.15. The number of thiophene rings is 1. The van der Waals surface area contributed by atoms with Crippen LogP contribution in [0.2, 0.25) is 0 Å². The zero-order valence-electron chi connectivity index (χ0n) is 26.6. The van der Waals surface area contributed by atoms with Gasteiger partial charge in [-0.1, -0.05) is 86.6 Å². The molecule has 4 heteroatoms. The highest BCUT2D eigenvalue weighted by molar-refractivity contribution is 7.25. The number of thiazole rings is 1. The van der Waals surface area contributed by atoms with E-state index >= 15 is 0 Å². The molecule has 0 amide bonds. The molecule has 1 aliphatic carbocycles. The van der Waals surface area contributed by atoms with E-state index < -0.39 is 0 Å². The van der Waals surface area contributed by atoms with E-state index in [0.29, 0.717) is 0 Å². The average molecular weight is 651 g/mol. The minimum Gasteiger partial charge on any atom is -0.310 e. The largest absolute Gasteiger partial charge is 0.310 e. The molecule has 0 atom stereocenters. The van der Waals surface area contributed by atoms with E-state index in [1.807, 2.05) is 11.3 Å². The third-order valence-electron chi connectivity index (χ3n) is 10.0. The molecule has 0 N–H and O–H groups in total. The Morgan fingerprint density at radius 1 is 0.500 bits per heavy atom. The molecule has 2 heterocycles. The van der Waals surface area contributed by atoms with Gasteiger partial charge < -0.3 is 4.90 Å². The van der Waals surface area contributed by atoms with Gasteiger partial charge in [0.05, 0.1) is 10.2 Å². The number of fused-ring (bicyclic) bond motifs is 8. The van der Waals surface area contributed by atoms with Crippen LogP contribution in [0.4, 0.5) is 17.1 Å². The second-order valence-electron chi connectivity index (χ2n) is 13.3. The molecule has 2 aromatic heterocycles. The first-order chi connectivity index (χ1) is 23.5. The zero-order valence-corrected chi connectivity index (χ0v) is 28.2. The first-order valence-corrected chi connectivity index (χ1v) is 18.0. The Bertz CT molecular complexity index is 2700. The molecule has 10 rings (SSSR count). The van der Waals surface area contributed by atoms with Crippen LogP contribution in [-0.4, -0.2) is 4.98 Å². The van der Waals surface area contributed by atoms with Crippen LogP contribution in [0.5, 0.6) is 0 Å². The second-order valence-corrected chi connectivity index (χ2v) is 15.4. The van der Waals surface area contributed by atoms with Gasteiger partial charge in [0.1, 0.15) is 5.01 Å². The van der Waals surface area contributed by atoms with Gasteiger partial charge in [-0.05, 0) is 106 Å². The summed E-state index contributed by atoms with van der Waals surface area (Å²) in [5.74, 6) is 0. The molecule has 0 spiro atoms. The number of nitrogens with zero attached hydrogens (tertiary/aromatic N) is 2. The third kappa shape index (κ3) is 4.19. The molecule has 7 aromatic carbocycles. The molecule has 0 aliphatic heterocycles. The van der Waals surface area contributed by atoms with Crippen molar-refractivity contribution in [3.8, 4) is 21.7 Å². The normalized spacial score (nSPS) is 13.4. The molecule has 0 bridgehead atoms.